The van der Waals surface area contributed by atoms with Gasteiger partial charge in [0.15, 0.2) is 6.29 Å². The molecule has 2 rings (SSSR count). The zero-order chi connectivity index (χ0) is 17.0. The molecule has 0 aliphatic carbocycles. The number of rotatable bonds is 11. The van der Waals surface area contributed by atoms with Gasteiger partial charge in [0.2, 0.25) is 0 Å². The van der Waals surface area contributed by atoms with Gasteiger partial charge in [0.25, 0.3) is 0 Å². The van der Waals surface area contributed by atoms with E-state index in [-0.39, 0.29) is 6.04 Å². The van der Waals surface area contributed by atoms with E-state index in [1.54, 1.807) is 0 Å². The molecule has 0 heterocycles. The van der Waals surface area contributed by atoms with Crippen molar-refractivity contribution in [1.29, 1.82) is 0 Å². The first-order valence-electron chi connectivity index (χ1n) is 8.27. The molecule has 0 aromatic heterocycles. The standard InChI is InChI=1S/C19H27N3O2/c20-11-12-22-13-18(21)19(23-14-16-7-3-1-4-8-16)24-15-17-9-5-2-6-10-17/h1-10,18-19,22H,11-15,20-21H2. The molecule has 0 saturated carbocycles. The zero-order valence-electron chi connectivity index (χ0n) is 13.9. The number of nitrogens with one attached hydrogen (secondary N) is 1. The van der Waals surface area contributed by atoms with Gasteiger partial charge in [0, 0.05) is 19.6 Å². The average Bonchev–Trinajstić information content (AvgIpc) is 2.63. The van der Waals surface area contributed by atoms with Gasteiger partial charge < -0.3 is 26.3 Å². The van der Waals surface area contributed by atoms with Gasteiger partial charge in [-0.1, -0.05) is 60.7 Å². The maximum Gasteiger partial charge on any atom is 0.174 e. The Labute approximate surface area is 143 Å². The van der Waals surface area contributed by atoms with E-state index >= 15 is 0 Å². The molecule has 130 valence electrons. The first kappa shape index (κ1) is 18.6. The summed E-state index contributed by atoms with van der Waals surface area (Å²) in [4.78, 5) is 0. The highest BCUT2D eigenvalue weighted by molar-refractivity contribution is 5.14. The summed E-state index contributed by atoms with van der Waals surface area (Å²) in [5, 5.41) is 3.20. The molecular formula is C19H27N3O2. The molecule has 0 amide bonds. The van der Waals surface area contributed by atoms with Gasteiger partial charge in [-0.2, -0.15) is 0 Å². The Morgan fingerprint density at radius 2 is 1.33 bits per heavy atom. The van der Waals surface area contributed by atoms with Crippen molar-refractivity contribution in [3.05, 3.63) is 71.8 Å². The van der Waals surface area contributed by atoms with Crippen LogP contribution in [0.25, 0.3) is 0 Å². The van der Waals surface area contributed by atoms with E-state index in [2.05, 4.69) is 5.32 Å². The molecule has 1 atom stereocenters. The second-order valence-corrected chi connectivity index (χ2v) is 5.62. The predicted molar refractivity (Wildman–Crippen MR) is 96.1 cm³/mol. The maximum absolute atomic E-state index is 6.23. The quantitative estimate of drug-likeness (QED) is 0.431. The van der Waals surface area contributed by atoms with Gasteiger partial charge in [-0.15, -0.1) is 0 Å². The minimum absolute atomic E-state index is 0.274. The van der Waals surface area contributed by atoms with Gasteiger partial charge >= 0.3 is 0 Å². The van der Waals surface area contributed by atoms with E-state index in [9.17, 15) is 0 Å². The summed E-state index contributed by atoms with van der Waals surface area (Å²) in [6.07, 6.45) is -0.490. The van der Waals surface area contributed by atoms with E-state index in [1.807, 2.05) is 60.7 Å². The van der Waals surface area contributed by atoms with E-state index < -0.39 is 6.29 Å². The highest BCUT2D eigenvalue weighted by Crippen LogP contribution is 2.10. The van der Waals surface area contributed by atoms with E-state index in [0.29, 0.717) is 26.3 Å². The molecule has 0 aliphatic rings. The summed E-state index contributed by atoms with van der Waals surface area (Å²) in [5.41, 5.74) is 13.9. The molecule has 0 saturated heterocycles. The summed E-state index contributed by atoms with van der Waals surface area (Å²) in [6, 6.07) is 19.7. The van der Waals surface area contributed by atoms with E-state index in [0.717, 1.165) is 17.7 Å². The van der Waals surface area contributed by atoms with Gasteiger partial charge in [0.1, 0.15) is 0 Å². The lowest BCUT2D eigenvalue weighted by Gasteiger charge is -2.25. The molecule has 0 aliphatic heterocycles. The Kier molecular flexibility index (Phi) is 8.45. The molecule has 5 N–H and O–H groups in total. The van der Waals surface area contributed by atoms with Crippen LogP contribution in [0.2, 0.25) is 0 Å². The molecule has 0 radical (unpaired) electrons. The fraction of sp³-hybridized carbons (Fsp3) is 0.368. The van der Waals surface area contributed by atoms with Crippen molar-refractivity contribution in [2.45, 2.75) is 25.5 Å². The number of ether oxygens (including phenoxy) is 2. The minimum Gasteiger partial charge on any atom is -0.346 e. The Balaban J connectivity index is 1.89. The second kappa shape index (κ2) is 10.9. The first-order chi connectivity index (χ1) is 11.8. The molecule has 0 spiro atoms. The monoisotopic (exact) mass is 329 g/mol. The molecule has 1 unspecified atom stereocenters. The van der Waals surface area contributed by atoms with Crippen molar-refractivity contribution in [1.82, 2.24) is 5.32 Å². The first-order valence-corrected chi connectivity index (χ1v) is 8.27. The molecule has 5 heteroatoms. The fourth-order valence-electron chi connectivity index (χ4n) is 2.27. The average molecular weight is 329 g/mol. The van der Waals surface area contributed by atoms with Crippen LogP contribution >= 0.6 is 0 Å². The summed E-state index contributed by atoms with van der Waals surface area (Å²) >= 11 is 0. The fourth-order valence-corrected chi connectivity index (χ4v) is 2.27. The van der Waals surface area contributed by atoms with Crippen molar-refractivity contribution in [3.63, 3.8) is 0 Å². The molecular weight excluding hydrogens is 302 g/mol. The van der Waals surface area contributed by atoms with Crippen LogP contribution in [0.1, 0.15) is 11.1 Å². The number of hydrogen-bond donors (Lipinski definition) is 3. The van der Waals surface area contributed by atoms with Crippen molar-refractivity contribution >= 4 is 0 Å². The van der Waals surface area contributed by atoms with E-state index in [1.165, 1.54) is 0 Å². The van der Waals surface area contributed by atoms with Gasteiger partial charge in [0.05, 0.1) is 19.3 Å². The van der Waals surface area contributed by atoms with Crippen LogP contribution in [0.15, 0.2) is 60.7 Å². The third-order valence-electron chi connectivity index (χ3n) is 3.56. The smallest absolute Gasteiger partial charge is 0.174 e. The number of hydrogen-bond acceptors (Lipinski definition) is 5. The van der Waals surface area contributed by atoms with Crippen LogP contribution < -0.4 is 16.8 Å². The zero-order valence-corrected chi connectivity index (χ0v) is 13.9. The largest absolute Gasteiger partial charge is 0.346 e. The van der Waals surface area contributed by atoms with Crippen molar-refractivity contribution in [2.75, 3.05) is 19.6 Å². The molecule has 24 heavy (non-hydrogen) atoms. The van der Waals surface area contributed by atoms with Crippen LogP contribution in [0, 0.1) is 0 Å². The van der Waals surface area contributed by atoms with Crippen LogP contribution in [0.3, 0.4) is 0 Å². The van der Waals surface area contributed by atoms with Gasteiger partial charge in [-0.05, 0) is 11.1 Å². The highest BCUT2D eigenvalue weighted by atomic mass is 16.7. The SMILES string of the molecule is NCCNCC(N)C(OCc1ccccc1)OCc1ccccc1. The summed E-state index contributed by atoms with van der Waals surface area (Å²) in [7, 11) is 0. The Morgan fingerprint density at radius 3 is 1.79 bits per heavy atom. The molecule has 2 aromatic rings. The lowest BCUT2D eigenvalue weighted by atomic mass is 10.2. The normalized spacial score (nSPS) is 12.5. The molecule has 0 fully saturated rings. The third kappa shape index (κ3) is 6.78. The predicted octanol–water partition coefficient (Wildman–Crippen LogP) is 1.62. The Bertz CT molecular complexity index is 508. The Hall–Kier alpha value is -1.76. The second-order valence-electron chi connectivity index (χ2n) is 5.62. The lowest BCUT2D eigenvalue weighted by Crippen LogP contribution is -2.46. The van der Waals surface area contributed by atoms with Gasteiger partial charge in [-0.25, -0.2) is 0 Å². The van der Waals surface area contributed by atoms with Crippen LogP contribution in [0.4, 0.5) is 0 Å². The summed E-state index contributed by atoms with van der Waals surface area (Å²) in [5.74, 6) is 0. The maximum atomic E-state index is 6.23. The van der Waals surface area contributed by atoms with Crippen LogP contribution in [-0.2, 0) is 22.7 Å². The molecule has 2 aromatic carbocycles. The number of nitrogens with two attached hydrogens (primary N) is 2. The third-order valence-corrected chi connectivity index (χ3v) is 3.56. The minimum atomic E-state index is -0.490. The summed E-state index contributed by atoms with van der Waals surface area (Å²) in [6.45, 7) is 2.81. The van der Waals surface area contributed by atoms with Crippen LogP contribution in [0.5, 0.6) is 0 Å². The van der Waals surface area contributed by atoms with Crippen molar-refractivity contribution in [3.8, 4) is 0 Å². The molecule has 5 nitrogen and oxygen atoms in total. The summed E-state index contributed by atoms with van der Waals surface area (Å²) < 4.78 is 11.8. The topological polar surface area (TPSA) is 82.5 Å². The van der Waals surface area contributed by atoms with Crippen molar-refractivity contribution < 1.29 is 9.47 Å². The van der Waals surface area contributed by atoms with Gasteiger partial charge in [-0.3, -0.25) is 0 Å². The van der Waals surface area contributed by atoms with Crippen molar-refractivity contribution in [2.24, 2.45) is 11.5 Å². The highest BCUT2D eigenvalue weighted by Gasteiger charge is 2.19. The number of benzene rings is 2. The van der Waals surface area contributed by atoms with Crippen LogP contribution in [-0.4, -0.2) is 32.0 Å². The lowest BCUT2D eigenvalue weighted by molar-refractivity contribution is -0.167. The van der Waals surface area contributed by atoms with E-state index in [4.69, 9.17) is 20.9 Å². The molecule has 0 bridgehead atoms. The Morgan fingerprint density at radius 1 is 0.833 bits per heavy atom.